The fraction of sp³-hybridized carbons (Fsp3) is 0.296. The van der Waals surface area contributed by atoms with Crippen molar-refractivity contribution in [2.24, 2.45) is 5.92 Å². The van der Waals surface area contributed by atoms with Gasteiger partial charge in [0.1, 0.15) is 0 Å². The van der Waals surface area contributed by atoms with Gasteiger partial charge in [0, 0.05) is 12.1 Å². The van der Waals surface area contributed by atoms with Crippen LogP contribution in [0.2, 0.25) is 0 Å². The van der Waals surface area contributed by atoms with Crippen LogP contribution in [0.1, 0.15) is 39.9 Å². The summed E-state index contributed by atoms with van der Waals surface area (Å²) in [7, 11) is 0. The largest absolute Gasteiger partial charge is 0.299 e. The number of hydrogen-bond acceptors (Lipinski definition) is 2. The molecule has 3 aromatic rings. The molecule has 1 aliphatic carbocycles. The maximum Gasteiger partial charge on any atom is 0.174 e. The number of carbonyl (C=O) groups excluding carboxylic acids is 1. The van der Waals surface area contributed by atoms with Crippen LogP contribution < -0.4 is 0 Å². The van der Waals surface area contributed by atoms with E-state index in [-0.39, 0.29) is 0 Å². The van der Waals surface area contributed by atoms with E-state index in [2.05, 4.69) is 71.6 Å². The van der Waals surface area contributed by atoms with Crippen LogP contribution in [0.5, 0.6) is 0 Å². The Balaban J connectivity index is 1.42. The molecule has 0 saturated carbocycles. The third-order valence-corrected chi connectivity index (χ3v) is 6.96. The molecule has 2 nitrogen and oxygen atoms in total. The molecule has 146 valence electrons. The van der Waals surface area contributed by atoms with E-state index in [1.165, 1.54) is 16.7 Å². The summed E-state index contributed by atoms with van der Waals surface area (Å²) >= 11 is 0. The molecule has 0 unspecified atom stereocenters. The average molecular weight is 382 g/mol. The monoisotopic (exact) mass is 381 g/mol. The minimum absolute atomic E-state index is 0.334. The highest BCUT2D eigenvalue weighted by Gasteiger charge is 2.52. The minimum Gasteiger partial charge on any atom is -0.299 e. The Morgan fingerprint density at radius 3 is 2.10 bits per heavy atom. The number of carbonyl (C=O) groups is 1. The summed E-state index contributed by atoms with van der Waals surface area (Å²) in [6.07, 6.45) is 2.98. The zero-order valence-corrected chi connectivity index (χ0v) is 16.8. The molecule has 2 aliphatic rings. The summed E-state index contributed by atoms with van der Waals surface area (Å²) in [6, 6.07) is 29.5. The van der Waals surface area contributed by atoms with E-state index in [1.54, 1.807) is 0 Å². The van der Waals surface area contributed by atoms with E-state index >= 15 is 0 Å². The number of benzene rings is 3. The van der Waals surface area contributed by atoms with E-state index in [0.717, 1.165) is 44.5 Å². The number of fused-ring (bicyclic) bond motifs is 1. The second-order valence-electron chi connectivity index (χ2n) is 8.54. The normalized spacial score (nSPS) is 22.6. The van der Waals surface area contributed by atoms with Crippen molar-refractivity contribution < 1.29 is 4.79 Å². The van der Waals surface area contributed by atoms with Gasteiger partial charge in [-0.15, -0.1) is 0 Å². The van der Waals surface area contributed by atoms with Gasteiger partial charge in [0.15, 0.2) is 5.78 Å². The third kappa shape index (κ3) is 3.22. The fourth-order valence-electron chi connectivity index (χ4n) is 5.48. The van der Waals surface area contributed by atoms with Gasteiger partial charge in [-0.3, -0.25) is 9.69 Å². The Morgan fingerprint density at radius 1 is 0.793 bits per heavy atom. The van der Waals surface area contributed by atoms with Gasteiger partial charge in [0.2, 0.25) is 0 Å². The molecule has 1 fully saturated rings. The van der Waals surface area contributed by atoms with Crippen LogP contribution in [0.15, 0.2) is 84.9 Å². The minimum atomic E-state index is -0.399. The Bertz CT molecular complexity index is 989. The molecule has 29 heavy (non-hydrogen) atoms. The summed E-state index contributed by atoms with van der Waals surface area (Å²) in [4.78, 5) is 16.3. The van der Waals surface area contributed by atoms with Crippen LogP contribution >= 0.6 is 0 Å². The standard InChI is InChI=1S/C27H27NO/c29-26-25-14-8-7-11-22(25)19-27(26,23-12-5-2-6-13-23)24-15-17-28(18-16-24)20-21-9-3-1-4-10-21/h1-14,24H,15-20H2/t27-/m1/s1. The summed E-state index contributed by atoms with van der Waals surface area (Å²) < 4.78 is 0. The van der Waals surface area contributed by atoms with Crippen LogP contribution in [0.25, 0.3) is 0 Å². The van der Waals surface area contributed by atoms with Gasteiger partial charge in [0.05, 0.1) is 5.41 Å². The van der Waals surface area contributed by atoms with E-state index in [9.17, 15) is 4.79 Å². The zero-order valence-electron chi connectivity index (χ0n) is 16.8. The molecule has 0 amide bonds. The van der Waals surface area contributed by atoms with Crippen LogP contribution in [-0.4, -0.2) is 23.8 Å². The van der Waals surface area contributed by atoms with Gasteiger partial charge in [0.25, 0.3) is 0 Å². The van der Waals surface area contributed by atoms with Gasteiger partial charge in [-0.25, -0.2) is 0 Å². The van der Waals surface area contributed by atoms with Gasteiger partial charge in [-0.2, -0.15) is 0 Å². The number of piperidine rings is 1. The summed E-state index contributed by atoms with van der Waals surface area (Å²) in [6.45, 7) is 3.11. The van der Waals surface area contributed by atoms with Crippen molar-refractivity contribution in [2.75, 3.05) is 13.1 Å². The molecular formula is C27H27NO. The predicted octanol–water partition coefficient (Wildman–Crippen LogP) is 5.28. The quantitative estimate of drug-likeness (QED) is 0.613. The lowest BCUT2D eigenvalue weighted by atomic mass is 9.64. The number of ketones is 1. The Hall–Kier alpha value is -2.71. The van der Waals surface area contributed by atoms with Crippen molar-refractivity contribution in [2.45, 2.75) is 31.2 Å². The Labute approximate surface area is 173 Å². The average Bonchev–Trinajstić information content (AvgIpc) is 3.09. The van der Waals surface area contributed by atoms with Crippen molar-refractivity contribution in [3.8, 4) is 0 Å². The third-order valence-electron chi connectivity index (χ3n) is 6.96. The molecule has 1 heterocycles. The lowest BCUT2D eigenvalue weighted by molar-refractivity contribution is 0.0735. The molecule has 3 aromatic carbocycles. The van der Waals surface area contributed by atoms with Crippen molar-refractivity contribution in [1.82, 2.24) is 4.90 Å². The first kappa shape index (κ1) is 18.3. The van der Waals surface area contributed by atoms with Gasteiger partial charge in [-0.05, 0) is 55.0 Å². The summed E-state index contributed by atoms with van der Waals surface area (Å²) in [5.74, 6) is 0.720. The number of rotatable bonds is 4. The van der Waals surface area contributed by atoms with E-state index in [1.807, 2.05) is 18.2 Å². The van der Waals surface area contributed by atoms with Gasteiger partial charge < -0.3 is 0 Å². The van der Waals surface area contributed by atoms with Crippen LogP contribution in [0, 0.1) is 5.92 Å². The zero-order chi connectivity index (χ0) is 19.7. The smallest absolute Gasteiger partial charge is 0.174 e. The SMILES string of the molecule is O=C1c2ccccc2C[C@@]1(c1ccccc1)C1CCN(Cc2ccccc2)CC1. The predicted molar refractivity (Wildman–Crippen MR) is 117 cm³/mol. The van der Waals surface area contributed by atoms with Crippen LogP contribution in [0.3, 0.4) is 0 Å². The molecule has 0 radical (unpaired) electrons. The molecular weight excluding hydrogens is 354 g/mol. The topological polar surface area (TPSA) is 20.3 Å². The molecule has 2 heteroatoms. The fourth-order valence-corrected chi connectivity index (χ4v) is 5.48. The summed E-state index contributed by atoms with van der Waals surface area (Å²) in [5, 5.41) is 0. The maximum absolute atomic E-state index is 13.8. The van der Waals surface area contributed by atoms with E-state index in [0.29, 0.717) is 11.7 Å². The van der Waals surface area contributed by atoms with Crippen molar-refractivity contribution in [3.63, 3.8) is 0 Å². The van der Waals surface area contributed by atoms with Crippen molar-refractivity contribution in [1.29, 1.82) is 0 Å². The molecule has 1 saturated heterocycles. The van der Waals surface area contributed by atoms with Crippen molar-refractivity contribution in [3.05, 3.63) is 107 Å². The summed E-state index contributed by atoms with van der Waals surface area (Å²) in [5.41, 5.74) is 4.32. The highest BCUT2D eigenvalue weighted by molar-refractivity contribution is 6.08. The van der Waals surface area contributed by atoms with Crippen molar-refractivity contribution >= 4 is 5.78 Å². The molecule has 0 bridgehead atoms. The number of likely N-dealkylation sites (tertiary alicyclic amines) is 1. The first-order valence-electron chi connectivity index (χ1n) is 10.7. The molecule has 1 aliphatic heterocycles. The maximum atomic E-state index is 13.8. The van der Waals surface area contributed by atoms with Gasteiger partial charge in [-0.1, -0.05) is 84.9 Å². The van der Waals surface area contributed by atoms with E-state index < -0.39 is 5.41 Å². The van der Waals surface area contributed by atoms with Crippen LogP contribution in [0.4, 0.5) is 0 Å². The van der Waals surface area contributed by atoms with Crippen LogP contribution in [-0.2, 0) is 18.4 Å². The second-order valence-corrected chi connectivity index (χ2v) is 8.54. The van der Waals surface area contributed by atoms with Gasteiger partial charge >= 0.3 is 0 Å². The molecule has 0 spiro atoms. The van der Waals surface area contributed by atoms with E-state index in [4.69, 9.17) is 0 Å². The molecule has 0 aromatic heterocycles. The number of nitrogens with zero attached hydrogens (tertiary/aromatic N) is 1. The molecule has 5 rings (SSSR count). The first-order chi connectivity index (χ1) is 14.3. The number of Topliss-reactive ketones (excluding diaryl/α,β-unsaturated/α-hetero) is 1. The molecule has 0 N–H and O–H groups in total. The lowest BCUT2D eigenvalue weighted by Gasteiger charge is -2.42. The Kier molecular flexibility index (Phi) is 4.81. The first-order valence-corrected chi connectivity index (χ1v) is 10.7. The second kappa shape index (κ2) is 7.61. The number of hydrogen-bond donors (Lipinski definition) is 0. The Morgan fingerprint density at radius 2 is 1.41 bits per heavy atom. The molecule has 1 atom stereocenters. The highest BCUT2D eigenvalue weighted by atomic mass is 16.1. The lowest BCUT2D eigenvalue weighted by Crippen LogP contribution is -2.47. The highest BCUT2D eigenvalue weighted by Crippen LogP contribution is 2.48.